The SMILES string of the molecule is N=S1(=O)CC2(CN(C(=O)[C@@H]3CC[C@@H]4CCCC[C@H](NC(=O)c5cc6cc(C(F)(F)P(=O)(O)O)ccc6s5)C(=O)N43)C2)C1. The first kappa shape index (κ1) is 29.6. The average molecular weight is 645 g/mol. The maximum Gasteiger partial charge on any atom is 0.399 e. The molecule has 3 amide bonds. The number of carbonyl (C=O) groups excluding carboxylic acids is 3. The van der Waals surface area contributed by atoms with Crippen LogP contribution in [0, 0.1) is 10.2 Å². The van der Waals surface area contributed by atoms with Crippen molar-refractivity contribution in [2.24, 2.45) is 5.41 Å². The predicted octanol–water partition coefficient (Wildman–Crippen LogP) is 3.05. The van der Waals surface area contributed by atoms with Gasteiger partial charge >= 0.3 is 13.3 Å². The van der Waals surface area contributed by atoms with E-state index >= 15 is 0 Å². The Labute approximate surface area is 244 Å². The van der Waals surface area contributed by atoms with Crippen LogP contribution in [0.1, 0.15) is 53.8 Å². The van der Waals surface area contributed by atoms with Crippen LogP contribution in [0.25, 0.3) is 10.1 Å². The van der Waals surface area contributed by atoms with Crippen molar-refractivity contribution < 1.29 is 41.7 Å². The lowest BCUT2D eigenvalue weighted by molar-refractivity contribution is -0.153. The molecule has 4 saturated heterocycles. The summed E-state index contributed by atoms with van der Waals surface area (Å²) < 4.78 is 59.7. The summed E-state index contributed by atoms with van der Waals surface area (Å²) in [7, 11) is -8.28. The number of thiophene rings is 1. The lowest BCUT2D eigenvalue weighted by atomic mass is 9.82. The van der Waals surface area contributed by atoms with Crippen LogP contribution in [-0.2, 0) is 29.5 Å². The maximum atomic E-state index is 14.2. The lowest BCUT2D eigenvalue weighted by Gasteiger charge is -2.56. The molecule has 5 heterocycles. The number of halogens is 2. The van der Waals surface area contributed by atoms with Gasteiger partial charge in [-0.1, -0.05) is 18.9 Å². The monoisotopic (exact) mass is 644 g/mol. The molecule has 42 heavy (non-hydrogen) atoms. The van der Waals surface area contributed by atoms with E-state index in [1.165, 1.54) is 12.1 Å². The Hall–Kier alpha value is -2.45. The van der Waals surface area contributed by atoms with Gasteiger partial charge in [0.1, 0.15) is 12.1 Å². The smallest absolute Gasteiger partial charge is 0.340 e. The molecule has 1 aromatic carbocycles. The Morgan fingerprint density at radius 3 is 2.48 bits per heavy atom. The summed E-state index contributed by atoms with van der Waals surface area (Å²) >= 11 is 1.01. The van der Waals surface area contributed by atoms with Crippen molar-refractivity contribution in [2.45, 2.75) is 62.3 Å². The van der Waals surface area contributed by atoms with Crippen LogP contribution in [0.2, 0.25) is 0 Å². The van der Waals surface area contributed by atoms with Gasteiger partial charge in [0.25, 0.3) is 5.91 Å². The maximum absolute atomic E-state index is 14.2. The Bertz CT molecular complexity index is 1620. The van der Waals surface area contributed by atoms with Gasteiger partial charge in [-0.25, -0.2) is 4.21 Å². The van der Waals surface area contributed by atoms with Crippen LogP contribution in [0.5, 0.6) is 0 Å². The lowest BCUT2D eigenvalue weighted by Crippen LogP contribution is -2.71. The average Bonchev–Trinajstić information content (AvgIpc) is 3.48. The molecule has 0 radical (unpaired) electrons. The molecule has 11 nitrogen and oxygen atoms in total. The van der Waals surface area contributed by atoms with Gasteiger partial charge in [-0.2, -0.15) is 8.78 Å². The van der Waals surface area contributed by atoms with Gasteiger partial charge in [0.05, 0.1) is 4.88 Å². The number of benzene rings is 1. The summed E-state index contributed by atoms with van der Waals surface area (Å²) in [5, 5.41) is 3.00. The molecule has 4 fully saturated rings. The van der Waals surface area contributed by atoms with E-state index in [-0.39, 0.29) is 33.5 Å². The zero-order valence-electron chi connectivity index (χ0n) is 22.5. The van der Waals surface area contributed by atoms with E-state index in [0.29, 0.717) is 55.0 Å². The minimum atomic E-state index is -5.75. The summed E-state index contributed by atoms with van der Waals surface area (Å²) in [6.07, 6.45) is 3.87. The fraction of sp³-hybridized carbons (Fsp3) is 0.577. The van der Waals surface area contributed by atoms with Crippen molar-refractivity contribution in [3.63, 3.8) is 0 Å². The fourth-order valence-electron chi connectivity index (χ4n) is 6.91. The number of carbonyl (C=O) groups is 3. The van der Waals surface area contributed by atoms with Crippen LogP contribution in [0.4, 0.5) is 8.78 Å². The Morgan fingerprint density at radius 1 is 1.12 bits per heavy atom. The molecule has 228 valence electrons. The molecule has 4 aliphatic heterocycles. The highest BCUT2D eigenvalue weighted by atomic mass is 32.2. The van der Waals surface area contributed by atoms with E-state index in [4.69, 9.17) is 14.6 Å². The van der Waals surface area contributed by atoms with Crippen molar-refractivity contribution in [3.05, 3.63) is 34.7 Å². The number of hydrogen-bond acceptors (Lipinski definition) is 7. The number of hydrogen-bond donors (Lipinski definition) is 4. The molecule has 16 heteroatoms. The van der Waals surface area contributed by atoms with E-state index in [0.717, 1.165) is 36.3 Å². The van der Waals surface area contributed by atoms with E-state index in [2.05, 4.69) is 5.32 Å². The number of likely N-dealkylation sites (tertiary alicyclic amines) is 1. The molecular weight excluding hydrogens is 613 g/mol. The molecule has 6 rings (SSSR count). The highest BCUT2D eigenvalue weighted by molar-refractivity contribution is 7.93. The highest BCUT2D eigenvalue weighted by Crippen LogP contribution is 2.59. The molecule has 0 saturated carbocycles. The van der Waals surface area contributed by atoms with Crippen molar-refractivity contribution in [2.75, 3.05) is 24.6 Å². The van der Waals surface area contributed by atoms with Crippen molar-refractivity contribution >= 4 is 56.5 Å². The summed E-state index contributed by atoms with van der Waals surface area (Å²) in [4.78, 5) is 62.1. The topological polar surface area (TPSA) is 168 Å². The zero-order chi connectivity index (χ0) is 30.2. The van der Waals surface area contributed by atoms with Crippen LogP contribution < -0.4 is 5.32 Å². The minimum Gasteiger partial charge on any atom is -0.340 e. The Kier molecular flexibility index (Phi) is 7.08. The van der Waals surface area contributed by atoms with Crippen LogP contribution >= 0.6 is 18.9 Å². The third kappa shape index (κ3) is 5.06. The van der Waals surface area contributed by atoms with Crippen LogP contribution in [0.15, 0.2) is 24.3 Å². The molecule has 0 unspecified atom stereocenters. The third-order valence-electron chi connectivity index (χ3n) is 8.82. The van der Waals surface area contributed by atoms with Crippen molar-refractivity contribution in [1.82, 2.24) is 15.1 Å². The highest BCUT2D eigenvalue weighted by Gasteiger charge is 2.57. The van der Waals surface area contributed by atoms with E-state index in [1.54, 1.807) is 9.80 Å². The molecule has 0 aliphatic carbocycles. The van der Waals surface area contributed by atoms with Gasteiger partial charge in [-0.3, -0.25) is 23.7 Å². The quantitative estimate of drug-likeness (QED) is 0.363. The van der Waals surface area contributed by atoms with Gasteiger partial charge in [-0.05, 0) is 49.3 Å². The molecule has 2 aromatic rings. The van der Waals surface area contributed by atoms with E-state index < -0.39 is 46.5 Å². The molecule has 3 atom stereocenters. The van der Waals surface area contributed by atoms with Gasteiger partial charge in [0.15, 0.2) is 0 Å². The normalized spacial score (nSPS) is 27.1. The summed E-state index contributed by atoms with van der Waals surface area (Å²) in [5.41, 5.74) is -5.48. The molecule has 0 bridgehead atoms. The number of fused-ring (bicyclic) bond motifs is 2. The minimum absolute atomic E-state index is 0.115. The van der Waals surface area contributed by atoms with Gasteiger partial charge in [-0.15, -0.1) is 11.3 Å². The van der Waals surface area contributed by atoms with Crippen LogP contribution in [-0.4, -0.2) is 84.2 Å². The first-order valence-corrected chi connectivity index (χ1v) is 18.1. The van der Waals surface area contributed by atoms with Crippen LogP contribution in [0.3, 0.4) is 0 Å². The molecule has 1 spiro atoms. The number of amides is 3. The second kappa shape index (κ2) is 10.0. The zero-order valence-corrected chi connectivity index (χ0v) is 25.0. The Morgan fingerprint density at radius 2 is 1.81 bits per heavy atom. The van der Waals surface area contributed by atoms with Gasteiger partial charge < -0.3 is 24.9 Å². The van der Waals surface area contributed by atoms with Crippen molar-refractivity contribution in [1.29, 1.82) is 4.78 Å². The largest absolute Gasteiger partial charge is 0.399 e. The fourth-order valence-corrected chi connectivity index (χ4v) is 10.6. The number of nitrogens with zero attached hydrogens (tertiary/aromatic N) is 2. The summed E-state index contributed by atoms with van der Waals surface area (Å²) in [5.74, 6) is -0.456. The van der Waals surface area contributed by atoms with E-state index in [1.807, 2.05) is 0 Å². The summed E-state index contributed by atoms with van der Waals surface area (Å²) in [6.45, 7) is 0.887. The van der Waals surface area contributed by atoms with Gasteiger partial charge in [0.2, 0.25) is 11.8 Å². The predicted molar refractivity (Wildman–Crippen MR) is 151 cm³/mol. The second-order valence-electron chi connectivity index (χ2n) is 12.0. The first-order valence-electron chi connectivity index (χ1n) is 13.7. The number of nitrogens with one attached hydrogen (secondary N) is 2. The van der Waals surface area contributed by atoms with E-state index in [9.17, 15) is 31.9 Å². The first-order chi connectivity index (χ1) is 19.6. The van der Waals surface area contributed by atoms with Crippen molar-refractivity contribution in [3.8, 4) is 0 Å². The van der Waals surface area contributed by atoms with Gasteiger partial charge in [0, 0.05) is 56.0 Å². The molecule has 1 aromatic heterocycles. The number of rotatable bonds is 5. The molecule has 4 aliphatic rings. The molecule has 4 N–H and O–H groups in total. The summed E-state index contributed by atoms with van der Waals surface area (Å²) in [6, 6.07) is 2.84. The standard InChI is InChI=1S/C26H31F2N4O7PS2/c27-26(28,40(36,37)38)16-5-8-20-15(9-16)10-21(41-20)22(33)30-18-4-2-1-3-17-6-7-19(32(17)23(18)34)24(35)31-11-25(12-31)13-42(29,39)14-25/h5,8-10,17-19,29H,1-4,6-7,11-14H2,(H,30,33)(H2,36,37,38)/t17-,18-,19-/m0/s1. The molecular formula is C26H31F2N4O7PS2. The Balaban J connectivity index is 1.17. The third-order valence-corrected chi connectivity index (χ3v) is 13.1. The second-order valence-corrected chi connectivity index (χ2v) is 17.0. The number of alkyl halides is 2.